The predicted octanol–water partition coefficient (Wildman–Crippen LogP) is 8.49. The van der Waals surface area contributed by atoms with Crippen LogP contribution < -0.4 is 5.32 Å². The Morgan fingerprint density at radius 1 is 1.08 bits per heavy atom. The molecule has 3 aromatic rings. The number of nitrogens with zero attached hydrogens (tertiary/aromatic N) is 3. The summed E-state index contributed by atoms with van der Waals surface area (Å²) >= 11 is 0. The number of aryl methyl sites for hydroxylation is 2. The number of anilines is 1. The Bertz CT molecular complexity index is 1360. The van der Waals surface area contributed by atoms with Gasteiger partial charge in [-0.05, 0) is 74.8 Å². The molecule has 0 amide bonds. The lowest BCUT2D eigenvalue weighted by atomic mass is 10.00. The minimum Gasteiger partial charge on any atom is -0.366 e. The van der Waals surface area contributed by atoms with E-state index in [1.807, 2.05) is 4.68 Å². The van der Waals surface area contributed by atoms with Crippen molar-refractivity contribution in [3.63, 3.8) is 0 Å². The van der Waals surface area contributed by atoms with Crippen molar-refractivity contribution in [1.82, 2.24) is 14.8 Å². The number of hydrogen-bond acceptors (Lipinski definition) is 3. The van der Waals surface area contributed by atoms with Crippen LogP contribution in [0.3, 0.4) is 0 Å². The fraction of sp³-hybridized carbons (Fsp3) is 0.333. The summed E-state index contributed by atoms with van der Waals surface area (Å²) in [4.78, 5) is 4.97. The summed E-state index contributed by atoms with van der Waals surface area (Å²) < 4.78 is 2.03. The van der Waals surface area contributed by atoms with Gasteiger partial charge in [-0.25, -0.2) is 9.67 Å². The average molecular weight is 493 g/mol. The highest BCUT2D eigenvalue weighted by Crippen LogP contribution is 2.31. The molecule has 0 saturated carbocycles. The zero-order chi connectivity index (χ0) is 26.2. The molecule has 2 aliphatic rings. The molecule has 192 valence electrons. The summed E-state index contributed by atoms with van der Waals surface area (Å²) in [5.74, 6) is 0.882. The van der Waals surface area contributed by atoms with E-state index in [1.54, 1.807) is 0 Å². The molecule has 2 aromatic heterocycles. The number of pyridine rings is 1. The van der Waals surface area contributed by atoms with Gasteiger partial charge in [-0.15, -0.1) is 0 Å². The smallest absolute Gasteiger partial charge is 0.161 e. The molecule has 0 aliphatic heterocycles. The molecule has 0 spiro atoms. The third-order valence-electron chi connectivity index (χ3n) is 6.79. The fourth-order valence-electron chi connectivity index (χ4n) is 4.71. The molecule has 1 N–H and O–H groups in total. The van der Waals surface area contributed by atoms with Crippen molar-refractivity contribution in [3.8, 4) is 0 Å². The van der Waals surface area contributed by atoms with Crippen LogP contribution in [0, 0.1) is 13.8 Å². The predicted molar refractivity (Wildman–Crippen MR) is 159 cm³/mol. The van der Waals surface area contributed by atoms with Crippen molar-refractivity contribution in [3.05, 3.63) is 107 Å². The summed E-state index contributed by atoms with van der Waals surface area (Å²) in [7, 11) is 0. The van der Waals surface area contributed by atoms with Crippen molar-refractivity contribution in [2.24, 2.45) is 0 Å². The Hall–Kier alpha value is -3.66. The van der Waals surface area contributed by atoms with Gasteiger partial charge in [0.25, 0.3) is 0 Å². The zero-order valence-electron chi connectivity index (χ0n) is 22.8. The van der Waals surface area contributed by atoms with Gasteiger partial charge in [-0.3, -0.25) is 0 Å². The first kappa shape index (κ1) is 26.4. The fourth-order valence-corrected chi connectivity index (χ4v) is 4.71. The topological polar surface area (TPSA) is 42.7 Å². The number of allylic oxidation sites excluding steroid dienone is 8. The average Bonchev–Trinajstić information content (AvgIpc) is 3.53. The van der Waals surface area contributed by atoms with Crippen LogP contribution in [0.4, 0.5) is 5.82 Å². The highest BCUT2D eigenvalue weighted by Gasteiger charge is 2.17. The molecule has 4 nitrogen and oxygen atoms in total. The highest BCUT2D eigenvalue weighted by atomic mass is 15.3. The molecule has 2 aliphatic carbocycles. The molecule has 1 aromatic carbocycles. The molecule has 37 heavy (non-hydrogen) atoms. The van der Waals surface area contributed by atoms with E-state index in [1.165, 1.54) is 35.1 Å². The van der Waals surface area contributed by atoms with Gasteiger partial charge in [-0.1, -0.05) is 91.8 Å². The van der Waals surface area contributed by atoms with Crippen LogP contribution in [0.1, 0.15) is 68.3 Å². The molecule has 0 atom stereocenters. The van der Waals surface area contributed by atoms with Crippen LogP contribution in [-0.2, 0) is 6.54 Å². The van der Waals surface area contributed by atoms with Gasteiger partial charge < -0.3 is 5.32 Å². The van der Waals surface area contributed by atoms with Crippen LogP contribution >= 0.6 is 0 Å². The number of rotatable bonds is 8. The molecule has 0 fully saturated rings. The number of nitrogens with one attached hydrogen (secondary N) is 1. The maximum atomic E-state index is 4.97. The standard InChI is InChI=1S/C26H30N4.C7H10/c1-5-8-19(3)23-15-24(27-16-21-9-6-7-10-21)28-26-25(23)20(4)29-30(26)17-22-13-11-18(2)12-14-22;1-7-5-3-2-4-6-7/h6-7,9,11-15H,3,5,8,10,16-17H2,1-2,4H3,(H,27,28);3,5-6H,2,4H2,1H3. The van der Waals surface area contributed by atoms with Gasteiger partial charge in [0.2, 0.25) is 0 Å². The molecular formula is C33H40N4. The Labute approximate surface area is 222 Å². The van der Waals surface area contributed by atoms with Crippen molar-refractivity contribution in [2.75, 3.05) is 11.9 Å². The third kappa shape index (κ3) is 6.97. The monoisotopic (exact) mass is 492 g/mol. The van der Waals surface area contributed by atoms with Gasteiger partial charge >= 0.3 is 0 Å². The van der Waals surface area contributed by atoms with Crippen LogP contribution in [0.2, 0.25) is 0 Å². The van der Waals surface area contributed by atoms with E-state index in [9.17, 15) is 0 Å². The minimum atomic E-state index is 0.704. The normalized spacial score (nSPS) is 14.3. The Morgan fingerprint density at radius 2 is 1.89 bits per heavy atom. The number of hydrogen-bond donors (Lipinski definition) is 1. The van der Waals surface area contributed by atoms with E-state index in [0.717, 1.165) is 59.5 Å². The number of benzene rings is 1. The second-order valence-electron chi connectivity index (χ2n) is 10.1. The van der Waals surface area contributed by atoms with Crippen molar-refractivity contribution < 1.29 is 0 Å². The van der Waals surface area contributed by atoms with Crippen molar-refractivity contribution in [1.29, 1.82) is 0 Å². The summed E-state index contributed by atoms with van der Waals surface area (Å²) in [6, 6.07) is 10.8. The summed E-state index contributed by atoms with van der Waals surface area (Å²) in [5.41, 5.74) is 9.50. The SMILES string of the molecule is C=C(CCC)c1cc(NCC2=CC=CC2)nc2c1c(C)nn2Cc1ccc(C)cc1.CC1=CCCC=C1. The van der Waals surface area contributed by atoms with Gasteiger partial charge in [-0.2, -0.15) is 5.10 Å². The Balaban J connectivity index is 0.000000396. The first-order chi connectivity index (χ1) is 17.9. The largest absolute Gasteiger partial charge is 0.366 e. The van der Waals surface area contributed by atoms with E-state index >= 15 is 0 Å². The van der Waals surface area contributed by atoms with Crippen LogP contribution in [0.15, 0.2) is 84.5 Å². The molecule has 2 heterocycles. The summed E-state index contributed by atoms with van der Waals surface area (Å²) in [6.45, 7) is 14.4. The van der Waals surface area contributed by atoms with Crippen LogP contribution in [0.25, 0.3) is 16.6 Å². The zero-order valence-corrected chi connectivity index (χ0v) is 22.8. The van der Waals surface area contributed by atoms with E-state index in [2.05, 4.69) is 106 Å². The lowest BCUT2D eigenvalue weighted by Gasteiger charge is -2.13. The van der Waals surface area contributed by atoms with Crippen LogP contribution in [0.5, 0.6) is 0 Å². The lowest BCUT2D eigenvalue weighted by Crippen LogP contribution is -2.08. The number of fused-ring (bicyclic) bond motifs is 1. The highest BCUT2D eigenvalue weighted by molar-refractivity contribution is 5.93. The third-order valence-corrected chi connectivity index (χ3v) is 6.79. The van der Waals surface area contributed by atoms with Gasteiger partial charge in [0.15, 0.2) is 5.65 Å². The first-order valence-electron chi connectivity index (χ1n) is 13.5. The lowest BCUT2D eigenvalue weighted by molar-refractivity contribution is 0.696. The maximum Gasteiger partial charge on any atom is 0.161 e. The summed E-state index contributed by atoms with van der Waals surface area (Å²) in [5, 5.41) is 9.49. The van der Waals surface area contributed by atoms with Crippen LogP contribution in [-0.4, -0.2) is 21.3 Å². The van der Waals surface area contributed by atoms with E-state index in [-0.39, 0.29) is 0 Å². The molecule has 0 radical (unpaired) electrons. The quantitative estimate of drug-likeness (QED) is 0.343. The van der Waals surface area contributed by atoms with E-state index in [0.29, 0.717) is 6.54 Å². The Morgan fingerprint density at radius 3 is 2.51 bits per heavy atom. The molecule has 0 unspecified atom stereocenters. The van der Waals surface area contributed by atoms with Gasteiger partial charge in [0.1, 0.15) is 5.82 Å². The van der Waals surface area contributed by atoms with Crippen molar-refractivity contribution in [2.45, 2.75) is 66.3 Å². The maximum absolute atomic E-state index is 4.97. The van der Waals surface area contributed by atoms with Crippen molar-refractivity contribution >= 4 is 22.4 Å². The molecule has 0 bridgehead atoms. The molecule has 0 saturated heterocycles. The first-order valence-corrected chi connectivity index (χ1v) is 13.5. The van der Waals surface area contributed by atoms with E-state index in [4.69, 9.17) is 10.1 Å². The van der Waals surface area contributed by atoms with Gasteiger partial charge in [0.05, 0.1) is 12.2 Å². The Kier molecular flexibility index (Phi) is 8.95. The molecule has 4 heteroatoms. The molecule has 5 rings (SSSR count). The van der Waals surface area contributed by atoms with Gasteiger partial charge in [0, 0.05) is 11.9 Å². The minimum absolute atomic E-state index is 0.704. The van der Waals surface area contributed by atoms with E-state index < -0.39 is 0 Å². The second kappa shape index (κ2) is 12.5. The molecular weight excluding hydrogens is 452 g/mol. The second-order valence-corrected chi connectivity index (χ2v) is 10.1. The number of aromatic nitrogens is 3. The summed E-state index contributed by atoms with van der Waals surface area (Å²) in [6.07, 6.45) is 18.6.